The molecule has 0 aromatic rings. The van der Waals surface area contributed by atoms with Crippen LogP contribution in [0.25, 0.3) is 0 Å². The van der Waals surface area contributed by atoms with E-state index in [0.717, 1.165) is 25.7 Å². The summed E-state index contributed by atoms with van der Waals surface area (Å²) in [6, 6.07) is 0. The van der Waals surface area contributed by atoms with Crippen LogP contribution in [0.15, 0.2) is 0 Å². The Morgan fingerprint density at radius 2 is 2.07 bits per heavy atom. The molecule has 1 fully saturated rings. The van der Waals surface area contributed by atoms with Gasteiger partial charge in [-0.25, -0.2) is 0 Å². The molecule has 0 saturated heterocycles. The van der Waals surface area contributed by atoms with Crippen molar-refractivity contribution in [2.45, 2.75) is 32.1 Å². The van der Waals surface area contributed by atoms with Crippen LogP contribution in [-0.2, 0) is 9.53 Å². The Morgan fingerprint density at radius 3 is 2.60 bits per heavy atom. The fourth-order valence-corrected chi connectivity index (χ4v) is 2.16. The van der Waals surface area contributed by atoms with Crippen LogP contribution in [-0.4, -0.2) is 37.9 Å². The van der Waals surface area contributed by atoms with Crippen LogP contribution in [0.4, 0.5) is 0 Å². The molecule has 1 saturated carbocycles. The van der Waals surface area contributed by atoms with Gasteiger partial charge in [-0.15, -0.1) is 0 Å². The largest absolute Gasteiger partial charge is 0.396 e. The minimum Gasteiger partial charge on any atom is -0.396 e. The van der Waals surface area contributed by atoms with E-state index in [-0.39, 0.29) is 24.5 Å². The summed E-state index contributed by atoms with van der Waals surface area (Å²) in [5, 5.41) is 12.2. The summed E-state index contributed by atoms with van der Waals surface area (Å²) in [7, 11) is 1.50. The van der Waals surface area contributed by atoms with Gasteiger partial charge in [0.05, 0.1) is 6.61 Å². The third-order valence-corrected chi connectivity index (χ3v) is 3.19. The van der Waals surface area contributed by atoms with Gasteiger partial charge in [-0.1, -0.05) is 19.3 Å². The van der Waals surface area contributed by atoms with E-state index in [1.54, 1.807) is 0 Å². The fraction of sp³-hybridized carbons (Fsp3) is 0.909. The molecule has 2 N–H and O–H groups in total. The van der Waals surface area contributed by atoms with Gasteiger partial charge < -0.3 is 15.2 Å². The number of hydrogen-bond donors (Lipinski definition) is 2. The van der Waals surface area contributed by atoms with Crippen molar-refractivity contribution in [2.24, 2.45) is 5.41 Å². The molecule has 4 heteroatoms. The van der Waals surface area contributed by atoms with Crippen molar-refractivity contribution in [3.05, 3.63) is 0 Å². The fourth-order valence-electron chi connectivity index (χ4n) is 2.16. The third kappa shape index (κ3) is 3.80. The molecule has 0 aliphatic heterocycles. The number of hydrogen-bond acceptors (Lipinski definition) is 3. The normalized spacial score (nSPS) is 19.9. The molecule has 4 nitrogen and oxygen atoms in total. The highest BCUT2D eigenvalue weighted by Gasteiger charge is 2.31. The molecule has 0 heterocycles. The maximum absolute atomic E-state index is 11.2. The predicted octanol–water partition coefficient (Wildman–Crippen LogP) is 0.692. The minimum absolute atomic E-state index is 0.0817. The van der Waals surface area contributed by atoms with E-state index in [9.17, 15) is 9.90 Å². The first-order valence-electron chi connectivity index (χ1n) is 5.59. The SMILES string of the molecule is COCC(=O)NCC1(CO)CCCCC1. The Bertz CT molecular complexity index is 200. The lowest BCUT2D eigenvalue weighted by Crippen LogP contribution is -2.42. The van der Waals surface area contributed by atoms with E-state index < -0.39 is 0 Å². The number of methoxy groups -OCH3 is 1. The zero-order valence-corrected chi connectivity index (χ0v) is 9.42. The van der Waals surface area contributed by atoms with Crippen molar-refractivity contribution in [1.29, 1.82) is 0 Å². The second kappa shape index (κ2) is 6.08. The van der Waals surface area contributed by atoms with Crippen molar-refractivity contribution >= 4 is 5.91 Å². The highest BCUT2D eigenvalue weighted by atomic mass is 16.5. The Hall–Kier alpha value is -0.610. The van der Waals surface area contributed by atoms with E-state index in [2.05, 4.69) is 5.32 Å². The van der Waals surface area contributed by atoms with Crippen LogP contribution in [0.1, 0.15) is 32.1 Å². The van der Waals surface area contributed by atoms with Crippen molar-refractivity contribution in [3.8, 4) is 0 Å². The molecule has 0 aromatic carbocycles. The monoisotopic (exact) mass is 215 g/mol. The summed E-state index contributed by atoms with van der Waals surface area (Å²) < 4.78 is 4.74. The summed E-state index contributed by atoms with van der Waals surface area (Å²) in [4.78, 5) is 11.2. The molecule has 1 aliphatic carbocycles. The summed E-state index contributed by atoms with van der Waals surface area (Å²) in [5.74, 6) is -0.101. The lowest BCUT2D eigenvalue weighted by atomic mass is 9.74. The van der Waals surface area contributed by atoms with Gasteiger partial charge in [0.2, 0.25) is 5.91 Å². The average Bonchev–Trinajstić information content (AvgIpc) is 2.28. The van der Waals surface area contributed by atoms with Crippen molar-refractivity contribution in [3.63, 3.8) is 0 Å². The molecule has 1 aliphatic rings. The summed E-state index contributed by atoms with van der Waals surface area (Å²) in [6.07, 6.45) is 5.57. The van der Waals surface area contributed by atoms with Gasteiger partial charge in [0.25, 0.3) is 0 Å². The quantitative estimate of drug-likeness (QED) is 0.709. The van der Waals surface area contributed by atoms with Gasteiger partial charge in [0.15, 0.2) is 0 Å². The summed E-state index contributed by atoms with van der Waals surface area (Å²) in [6.45, 7) is 0.841. The Labute approximate surface area is 91.0 Å². The highest BCUT2D eigenvalue weighted by molar-refractivity contribution is 5.77. The number of amides is 1. The van der Waals surface area contributed by atoms with Gasteiger partial charge in [0.1, 0.15) is 6.61 Å². The lowest BCUT2D eigenvalue weighted by molar-refractivity contribution is -0.125. The standard InChI is InChI=1S/C11H21NO3/c1-15-7-10(14)12-8-11(9-13)5-3-2-4-6-11/h13H,2-9H2,1H3,(H,12,14). The van der Waals surface area contributed by atoms with Crippen molar-refractivity contribution in [2.75, 3.05) is 26.9 Å². The van der Waals surface area contributed by atoms with Crippen LogP contribution in [0.3, 0.4) is 0 Å². The smallest absolute Gasteiger partial charge is 0.246 e. The number of rotatable bonds is 5. The van der Waals surface area contributed by atoms with E-state index >= 15 is 0 Å². The van der Waals surface area contributed by atoms with Crippen LogP contribution in [0.2, 0.25) is 0 Å². The van der Waals surface area contributed by atoms with E-state index in [1.165, 1.54) is 13.5 Å². The molecular weight excluding hydrogens is 194 g/mol. The first-order chi connectivity index (χ1) is 7.22. The van der Waals surface area contributed by atoms with Gasteiger partial charge in [-0.05, 0) is 12.8 Å². The third-order valence-electron chi connectivity index (χ3n) is 3.19. The van der Waals surface area contributed by atoms with Gasteiger partial charge in [-0.2, -0.15) is 0 Å². The molecule has 0 unspecified atom stereocenters. The second-order valence-corrected chi connectivity index (χ2v) is 4.43. The molecule has 15 heavy (non-hydrogen) atoms. The maximum Gasteiger partial charge on any atom is 0.246 e. The van der Waals surface area contributed by atoms with E-state index in [1.807, 2.05) is 0 Å². The lowest BCUT2D eigenvalue weighted by Gasteiger charge is -2.35. The predicted molar refractivity (Wildman–Crippen MR) is 57.5 cm³/mol. The Kier molecular flexibility index (Phi) is 5.05. The summed E-state index contributed by atoms with van der Waals surface area (Å²) in [5.41, 5.74) is -0.0817. The molecule has 0 bridgehead atoms. The first-order valence-corrected chi connectivity index (χ1v) is 5.59. The molecular formula is C11H21NO3. The van der Waals surface area contributed by atoms with Gasteiger partial charge in [-0.3, -0.25) is 4.79 Å². The maximum atomic E-state index is 11.2. The average molecular weight is 215 g/mol. The minimum atomic E-state index is -0.101. The van der Waals surface area contributed by atoms with Crippen LogP contribution in [0, 0.1) is 5.41 Å². The van der Waals surface area contributed by atoms with Crippen molar-refractivity contribution in [1.82, 2.24) is 5.32 Å². The molecule has 0 radical (unpaired) electrons. The van der Waals surface area contributed by atoms with Crippen LogP contribution >= 0.6 is 0 Å². The Balaban J connectivity index is 2.35. The number of aliphatic hydroxyl groups excluding tert-OH is 1. The molecule has 88 valence electrons. The Morgan fingerprint density at radius 1 is 1.40 bits per heavy atom. The highest BCUT2D eigenvalue weighted by Crippen LogP contribution is 2.35. The van der Waals surface area contributed by atoms with E-state index in [4.69, 9.17) is 4.74 Å². The number of ether oxygens (including phenoxy) is 1. The zero-order chi connectivity index (χ0) is 11.1. The molecule has 0 spiro atoms. The van der Waals surface area contributed by atoms with Crippen LogP contribution < -0.4 is 5.32 Å². The second-order valence-electron chi connectivity index (χ2n) is 4.43. The molecule has 0 aromatic heterocycles. The number of nitrogens with one attached hydrogen (secondary N) is 1. The summed E-state index contributed by atoms with van der Waals surface area (Å²) >= 11 is 0. The zero-order valence-electron chi connectivity index (χ0n) is 9.42. The number of carbonyl (C=O) groups is 1. The number of aliphatic hydroxyl groups is 1. The topological polar surface area (TPSA) is 58.6 Å². The van der Waals surface area contributed by atoms with Gasteiger partial charge >= 0.3 is 0 Å². The molecule has 1 amide bonds. The van der Waals surface area contributed by atoms with Crippen molar-refractivity contribution < 1.29 is 14.6 Å². The first kappa shape index (κ1) is 12.5. The molecule has 0 atom stereocenters. The van der Waals surface area contributed by atoms with Gasteiger partial charge in [0, 0.05) is 19.1 Å². The number of carbonyl (C=O) groups excluding carboxylic acids is 1. The van der Waals surface area contributed by atoms with Crippen LogP contribution in [0.5, 0.6) is 0 Å². The van der Waals surface area contributed by atoms with E-state index in [0.29, 0.717) is 6.54 Å². The molecule has 1 rings (SSSR count).